The topological polar surface area (TPSA) is 51.2 Å². The number of thiazole rings is 1. The van der Waals surface area contributed by atoms with E-state index in [1.54, 1.807) is 0 Å². The molecule has 0 amide bonds. The Kier molecular flexibility index (Phi) is 3.98. The van der Waals surface area contributed by atoms with Crippen LogP contribution in [0.15, 0.2) is 6.20 Å². The van der Waals surface area contributed by atoms with Crippen LogP contribution in [0.2, 0.25) is 0 Å². The van der Waals surface area contributed by atoms with E-state index in [9.17, 15) is 18.0 Å². The lowest BCUT2D eigenvalue weighted by Gasteiger charge is -2.22. The van der Waals surface area contributed by atoms with Crippen LogP contribution >= 0.6 is 11.3 Å². The van der Waals surface area contributed by atoms with Gasteiger partial charge in [0, 0.05) is 25.2 Å². The van der Waals surface area contributed by atoms with E-state index >= 15 is 0 Å². The number of hydrogen-bond donors (Lipinski definition) is 1. The number of morpholine rings is 1. The fourth-order valence-electron chi connectivity index (χ4n) is 1.61. The quantitative estimate of drug-likeness (QED) is 0.857. The van der Waals surface area contributed by atoms with Crippen molar-refractivity contribution in [3.05, 3.63) is 16.1 Å². The number of alkyl halides is 3. The molecule has 18 heavy (non-hydrogen) atoms. The Morgan fingerprint density at radius 2 is 2.39 bits per heavy atom. The van der Waals surface area contributed by atoms with Gasteiger partial charge in [-0.05, 0) is 0 Å². The minimum absolute atomic E-state index is 0.0368. The summed E-state index contributed by atoms with van der Waals surface area (Å²) in [5.41, 5.74) is 0. The van der Waals surface area contributed by atoms with Gasteiger partial charge in [0.1, 0.15) is 0 Å². The zero-order valence-electron chi connectivity index (χ0n) is 9.29. The number of carbonyl (C=O) groups is 1. The fraction of sp³-hybridized carbons (Fsp3) is 0.600. The van der Waals surface area contributed by atoms with Crippen LogP contribution in [-0.4, -0.2) is 36.6 Å². The molecular weight excluding hydrogens is 269 g/mol. The van der Waals surface area contributed by atoms with Crippen molar-refractivity contribution in [1.82, 2.24) is 10.3 Å². The van der Waals surface area contributed by atoms with E-state index < -0.39 is 11.2 Å². The Balaban J connectivity index is 1.98. The van der Waals surface area contributed by atoms with E-state index in [2.05, 4.69) is 10.3 Å². The molecule has 1 saturated heterocycles. The van der Waals surface area contributed by atoms with Crippen LogP contribution in [0.1, 0.15) is 21.1 Å². The van der Waals surface area contributed by atoms with Gasteiger partial charge in [-0.1, -0.05) is 0 Å². The minimum atomic E-state index is -4.49. The van der Waals surface area contributed by atoms with Gasteiger partial charge in [-0.15, -0.1) is 11.3 Å². The van der Waals surface area contributed by atoms with Crippen LogP contribution in [0.4, 0.5) is 13.2 Å². The molecule has 1 atom stereocenters. The molecule has 1 aliphatic rings. The van der Waals surface area contributed by atoms with Gasteiger partial charge in [0.05, 0.1) is 18.1 Å². The van der Waals surface area contributed by atoms with E-state index in [1.165, 1.54) is 0 Å². The molecule has 0 saturated carbocycles. The van der Waals surface area contributed by atoms with Crippen LogP contribution < -0.4 is 5.32 Å². The van der Waals surface area contributed by atoms with E-state index in [0.717, 1.165) is 6.20 Å². The standard InChI is InChI=1S/C10H11F3N2O2S/c11-10(12,13)9-15-4-8(18-9)7(16)3-6-5-17-2-1-14-6/h4,6,14H,1-3,5H2. The van der Waals surface area contributed by atoms with E-state index in [4.69, 9.17) is 4.74 Å². The molecule has 0 aliphatic carbocycles. The predicted octanol–water partition coefficient (Wildman–Crippen LogP) is 1.72. The predicted molar refractivity (Wildman–Crippen MR) is 58.7 cm³/mol. The number of nitrogens with zero attached hydrogens (tertiary/aromatic N) is 1. The van der Waals surface area contributed by atoms with Gasteiger partial charge in [0.15, 0.2) is 10.8 Å². The minimum Gasteiger partial charge on any atom is -0.378 e. The summed E-state index contributed by atoms with van der Waals surface area (Å²) in [6.45, 7) is 1.63. The molecule has 1 unspecified atom stereocenters. The van der Waals surface area contributed by atoms with Crippen molar-refractivity contribution < 1.29 is 22.7 Å². The number of ketones is 1. The lowest BCUT2D eigenvalue weighted by Crippen LogP contribution is -2.42. The molecule has 8 heteroatoms. The smallest absolute Gasteiger partial charge is 0.378 e. The first kappa shape index (κ1) is 13.4. The van der Waals surface area contributed by atoms with Gasteiger partial charge in [0.2, 0.25) is 0 Å². The highest BCUT2D eigenvalue weighted by Crippen LogP contribution is 2.32. The van der Waals surface area contributed by atoms with Crippen LogP contribution in [0.5, 0.6) is 0 Å². The van der Waals surface area contributed by atoms with Crippen molar-refractivity contribution in [2.45, 2.75) is 18.6 Å². The molecule has 0 aromatic carbocycles. The summed E-state index contributed by atoms with van der Waals surface area (Å²) < 4.78 is 42.2. The molecule has 2 rings (SSSR count). The molecule has 100 valence electrons. The van der Waals surface area contributed by atoms with Crippen molar-refractivity contribution in [2.75, 3.05) is 19.8 Å². The highest BCUT2D eigenvalue weighted by Gasteiger charge is 2.35. The third kappa shape index (κ3) is 3.27. The first-order valence-electron chi connectivity index (χ1n) is 5.34. The van der Waals surface area contributed by atoms with Gasteiger partial charge in [0.25, 0.3) is 0 Å². The van der Waals surface area contributed by atoms with Gasteiger partial charge < -0.3 is 10.1 Å². The van der Waals surface area contributed by atoms with Gasteiger partial charge in [-0.3, -0.25) is 4.79 Å². The maximum absolute atomic E-state index is 12.3. The number of carbonyl (C=O) groups excluding carboxylic acids is 1. The number of hydrogen-bond acceptors (Lipinski definition) is 5. The summed E-state index contributed by atoms with van der Waals surface area (Å²) in [5.74, 6) is -0.342. The molecule has 0 bridgehead atoms. The highest BCUT2D eigenvalue weighted by atomic mass is 32.1. The van der Waals surface area contributed by atoms with E-state index in [1.807, 2.05) is 0 Å². The SMILES string of the molecule is O=C(CC1COCCN1)c1cnc(C(F)(F)F)s1. The number of aromatic nitrogens is 1. The molecule has 1 aromatic heterocycles. The second-order valence-electron chi connectivity index (χ2n) is 3.88. The molecule has 0 spiro atoms. The second kappa shape index (κ2) is 5.33. The Morgan fingerprint density at radius 3 is 2.94 bits per heavy atom. The Hall–Kier alpha value is -0.990. The molecule has 0 radical (unpaired) electrons. The van der Waals surface area contributed by atoms with Gasteiger partial charge in [-0.25, -0.2) is 4.98 Å². The Morgan fingerprint density at radius 1 is 1.61 bits per heavy atom. The van der Waals surface area contributed by atoms with Crippen molar-refractivity contribution >= 4 is 17.1 Å². The van der Waals surface area contributed by atoms with Crippen molar-refractivity contribution in [1.29, 1.82) is 0 Å². The summed E-state index contributed by atoms with van der Waals surface area (Å²) >= 11 is 0.382. The summed E-state index contributed by atoms with van der Waals surface area (Å²) in [6.07, 6.45) is -3.38. The zero-order chi connectivity index (χ0) is 13.2. The first-order valence-corrected chi connectivity index (χ1v) is 6.16. The second-order valence-corrected chi connectivity index (χ2v) is 4.91. The lowest BCUT2D eigenvalue weighted by atomic mass is 10.1. The molecule has 2 heterocycles. The third-order valence-electron chi connectivity index (χ3n) is 2.45. The summed E-state index contributed by atoms with van der Waals surface area (Å²) in [4.78, 5) is 15.0. The molecule has 1 N–H and O–H groups in total. The van der Waals surface area contributed by atoms with Crippen molar-refractivity contribution in [2.24, 2.45) is 0 Å². The Labute approximate surface area is 105 Å². The lowest BCUT2D eigenvalue weighted by molar-refractivity contribution is -0.137. The molecule has 4 nitrogen and oxygen atoms in total. The van der Waals surface area contributed by atoms with Gasteiger partial charge in [-0.2, -0.15) is 13.2 Å². The normalized spacial score (nSPS) is 20.9. The van der Waals surface area contributed by atoms with Crippen LogP contribution in [0.3, 0.4) is 0 Å². The average molecular weight is 280 g/mol. The first-order chi connectivity index (χ1) is 8.47. The number of nitrogens with one attached hydrogen (secondary N) is 1. The maximum Gasteiger partial charge on any atom is 0.443 e. The van der Waals surface area contributed by atoms with Crippen molar-refractivity contribution in [3.8, 4) is 0 Å². The number of ether oxygens (including phenoxy) is 1. The molecule has 1 aromatic rings. The largest absolute Gasteiger partial charge is 0.443 e. The number of halogens is 3. The van der Waals surface area contributed by atoms with E-state index in [0.29, 0.717) is 31.1 Å². The summed E-state index contributed by atoms with van der Waals surface area (Å²) in [5, 5.41) is 2.09. The number of rotatable bonds is 3. The third-order valence-corrected chi connectivity index (χ3v) is 3.54. The van der Waals surface area contributed by atoms with E-state index in [-0.39, 0.29) is 23.1 Å². The molecule has 1 fully saturated rings. The average Bonchev–Trinajstić information content (AvgIpc) is 2.79. The maximum atomic E-state index is 12.3. The summed E-state index contributed by atoms with van der Waals surface area (Å²) in [6, 6.07) is -0.136. The summed E-state index contributed by atoms with van der Waals surface area (Å²) in [7, 11) is 0. The van der Waals surface area contributed by atoms with Gasteiger partial charge >= 0.3 is 6.18 Å². The zero-order valence-corrected chi connectivity index (χ0v) is 10.1. The molecular formula is C10H11F3N2O2S. The van der Waals surface area contributed by atoms with Crippen LogP contribution in [-0.2, 0) is 10.9 Å². The molecule has 1 aliphatic heterocycles. The number of Topliss-reactive ketones (excluding diaryl/α,β-unsaturated/α-hetero) is 1. The van der Waals surface area contributed by atoms with Crippen LogP contribution in [0.25, 0.3) is 0 Å². The Bertz CT molecular complexity index is 427. The van der Waals surface area contributed by atoms with Crippen LogP contribution in [0, 0.1) is 0 Å². The van der Waals surface area contributed by atoms with Crippen molar-refractivity contribution in [3.63, 3.8) is 0 Å². The fourth-order valence-corrected chi connectivity index (χ4v) is 2.34. The monoisotopic (exact) mass is 280 g/mol. The highest BCUT2D eigenvalue weighted by molar-refractivity contribution is 7.13.